The van der Waals surface area contributed by atoms with Gasteiger partial charge >= 0.3 is 0 Å². The van der Waals surface area contributed by atoms with Crippen LogP contribution in [0.3, 0.4) is 0 Å². The lowest BCUT2D eigenvalue weighted by Crippen LogP contribution is -2.17. The largest absolute Gasteiger partial charge is 0.372 e. The summed E-state index contributed by atoms with van der Waals surface area (Å²) in [5.41, 5.74) is 3.94. The lowest BCUT2D eigenvalue weighted by Gasteiger charge is -2.17. The van der Waals surface area contributed by atoms with Crippen molar-refractivity contribution in [3.8, 4) is 0 Å². The van der Waals surface area contributed by atoms with E-state index in [-0.39, 0.29) is 5.91 Å². The highest BCUT2D eigenvalue weighted by Crippen LogP contribution is 2.24. The summed E-state index contributed by atoms with van der Waals surface area (Å²) in [7, 11) is 0. The molecule has 2 aromatic carbocycles. The SMILES string of the molecule is Cc1ccc(Sn2ccc(C(=O)Nc3ccc(N4CCCC4)cc3)c2)cc1. The number of carbonyl (C=O) groups is 1. The van der Waals surface area contributed by atoms with E-state index in [1.807, 2.05) is 34.6 Å². The molecule has 0 spiro atoms. The van der Waals surface area contributed by atoms with Gasteiger partial charge in [0.1, 0.15) is 0 Å². The molecule has 0 saturated carbocycles. The van der Waals surface area contributed by atoms with Gasteiger partial charge in [-0.05, 0) is 74.2 Å². The van der Waals surface area contributed by atoms with Crippen molar-refractivity contribution in [3.63, 3.8) is 0 Å². The maximum Gasteiger partial charge on any atom is 0.257 e. The van der Waals surface area contributed by atoms with Crippen LogP contribution in [-0.4, -0.2) is 23.0 Å². The molecule has 0 aliphatic carbocycles. The number of amides is 1. The molecule has 1 aromatic heterocycles. The third-order valence-corrected chi connectivity index (χ3v) is 5.68. The Morgan fingerprint density at radius 2 is 1.67 bits per heavy atom. The summed E-state index contributed by atoms with van der Waals surface area (Å²) < 4.78 is 1.95. The van der Waals surface area contributed by atoms with Crippen LogP contribution in [0.1, 0.15) is 28.8 Å². The van der Waals surface area contributed by atoms with E-state index in [4.69, 9.17) is 0 Å². The molecule has 1 aliphatic heterocycles. The van der Waals surface area contributed by atoms with Crippen LogP contribution < -0.4 is 10.2 Å². The highest BCUT2D eigenvalue weighted by atomic mass is 32.2. The van der Waals surface area contributed by atoms with Crippen molar-refractivity contribution in [1.29, 1.82) is 0 Å². The molecule has 4 nitrogen and oxygen atoms in total. The Morgan fingerprint density at radius 3 is 2.37 bits per heavy atom. The first-order valence-electron chi connectivity index (χ1n) is 9.27. The van der Waals surface area contributed by atoms with Crippen molar-refractivity contribution in [2.24, 2.45) is 0 Å². The fraction of sp³-hybridized carbons (Fsp3) is 0.227. The van der Waals surface area contributed by atoms with Crippen molar-refractivity contribution >= 4 is 29.2 Å². The summed E-state index contributed by atoms with van der Waals surface area (Å²) in [5.74, 6) is -0.0906. The molecule has 5 heteroatoms. The molecule has 1 amide bonds. The number of hydrogen-bond acceptors (Lipinski definition) is 3. The molecule has 0 bridgehead atoms. The van der Waals surface area contributed by atoms with E-state index in [2.05, 4.69) is 53.5 Å². The van der Waals surface area contributed by atoms with Gasteiger partial charge in [0, 0.05) is 41.8 Å². The van der Waals surface area contributed by atoms with E-state index in [1.165, 1.54) is 24.1 Å². The van der Waals surface area contributed by atoms with E-state index in [9.17, 15) is 4.79 Å². The standard InChI is InChI=1S/C22H23N3OS/c1-17-4-10-21(11-5-17)27-25-15-12-18(16-25)22(26)23-19-6-8-20(9-7-19)24-13-2-3-14-24/h4-12,15-16H,2-3,13-14H2,1H3,(H,23,26). The Morgan fingerprint density at radius 1 is 0.963 bits per heavy atom. The average molecular weight is 378 g/mol. The van der Waals surface area contributed by atoms with Crippen molar-refractivity contribution in [3.05, 3.63) is 78.1 Å². The van der Waals surface area contributed by atoms with E-state index < -0.39 is 0 Å². The Bertz CT molecular complexity index is 909. The Labute approximate surface area is 164 Å². The Balaban J connectivity index is 1.38. The van der Waals surface area contributed by atoms with Gasteiger partial charge < -0.3 is 10.2 Å². The van der Waals surface area contributed by atoms with Gasteiger partial charge in [0.25, 0.3) is 5.91 Å². The van der Waals surface area contributed by atoms with E-state index >= 15 is 0 Å². The van der Waals surface area contributed by atoms with Crippen LogP contribution in [0.15, 0.2) is 71.9 Å². The monoisotopic (exact) mass is 377 g/mol. The maximum atomic E-state index is 12.5. The number of anilines is 2. The fourth-order valence-electron chi connectivity index (χ4n) is 3.22. The van der Waals surface area contributed by atoms with Gasteiger partial charge in [-0.25, -0.2) is 0 Å². The molecule has 0 radical (unpaired) electrons. The molecule has 3 aromatic rings. The Hall–Kier alpha value is -2.66. The number of benzene rings is 2. The summed E-state index contributed by atoms with van der Waals surface area (Å²) in [5, 5.41) is 2.98. The number of aromatic nitrogens is 1. The Kier molecular flexibility index (Phi) is 5.21. The van der Waals surface area contributed by atoms with Gasteiger partial charge in [-0.2, -0.15) is 0 Å². The van der Waals surface area contributed by atoms with Crippen LogP contribution >= 0.6 is 11.9 Å². The summed E-state index contributed by atoms with van der Waals surface area (Å²) in [4.78, 5) is 16.0. The van der Waals surface area contributed by atoms with Gasteiger partial charge in [-0.1, -0.05) is 17.7 Å². The van der Waals surface area contributed by atoms with Crippen LogP contribution in [0, 0.1) is 6.92 Å². The highest BCUT2D eigenvalue weighted by Gasteiger charge is 2.13. The quantitative estimate of drug-likeness (QED) is 0.664. The molecule has 1 fully saturated rings. The second-order valence-electron chi connectivity index (χ2n) is 6.86. The van der Waals surface area contributed by atoms with Gasteiger partial charge in [0.15, 0.2) is 0 Å². The minimum absolute atomic E-state index is 0.0906. The molecule has 1 saturated heterocycles. The van der Waals surface area contributed by atoms with E-state index in [0.29, 0.717) is 5.56 Å². The third kappa shape index (κ3) is 4.37. The van der Waals surface area contributed by atoms with E-state index in [0.717, 1.165) is 23.7 Å². The predicted molar refractivity (Wildman–Crippen MR) is 113 cm³/mol. The minimum Gasteiger partial charge on any atom is -0.372 e. The predicted octanol–water partition coefficient (Wildman–Crippen LogP) is 5.20. The fourth-order valence-corrected chi connectivity index (χ4v) is 4.01. The van der Waals surface area contributed by atoms with Gasteiger partial charge in [0.05, 0.1) is 5.56 Å². The molecule has 0 atom stereocenters. The van der Waals surface area contributed by atoms with Crippen LogP contribution in [0.25, 0.3) is 0 Å². The molecular formula is C22H23N3OS. The zero-order valence-electron chi connectivity index (χ0n) is 15.4. The van der Waals surface area contributed by atoms with Crippen LogP contribution in [-0.2, 0) is 0 Å². The first kappa shape index (κ1) is 17.7. The minimum atomic E-state index is -0.0906. The maximum absolute atomic E-state index is 12.5. The number of aryl methyl sites for hydroxylation is 1. The van der Waals surface area contributed by atoms with E-state index in [1.54, 1.807) is 11.9 Å². The molecular weight excluding hydrogens is 354 g/mol. The summed E-state index contributed by atoms with van der Waals surface area (Å²) in [6, 6.07) is 18.3. The topological polar surface area (TPSA) is 37.3 Å². The normalized spacial score (nSPS) is 13.7. The molecule has 0 unspecified atom stereocenters. The summed E-state index contributed by atoms with van der Waals surface area (Å²) in [6.45, 7) is 4.32. The zero-order valence-corrected chi connectivity index (χ0v) is 16.2. The van der Waals surface area contributed by atoms with Crippen LogP contribution in [0.2, 0.25) is 0 Å². The average Bonchev–Trinajstić information content (AvgIpc) is 3.36. The van der Waals surface area contributed by atoms with Gasteiger partial charge in [-0.15, -0.1) is 0 Å². The van der Waals surface area contributed by atoms with Gasteiger partial charge in [-0.3, -0.25) is 8.77 Å². The summed E-state index contributed by atoms with van der Waals surface area (Å²) >= 11 is 1.59. The van der Waals surface area contributed by atoms with Crippen molar-refractivity contribution < 1.29 is 4.79 Å². The van der Waals surface area contributed by atoms with Crippen molar-refractivity contribution in [2.75, 3.05) is 23.3 Å². The van der Waals surface area contributed by atoms with Crippen LogP contribution in [0.5, 0.6) is 0 Å². The molecule has 138 valence electrons. The number of carbonyl (C=O) groups excluding carboxylic acids is 1. The first-order chi connectivity index (χ1) is 13.2. The number of nitrogens with zero attached hydrogens (tertiary/aromatic N) is 2. The molecule has 1 aliphatic rings. The second-order valence-corrected chi connectivity index (χ2v) is 7.94. The number of nitrogens with one attached hydrogen (secondary N) is 1. The first-order valence-corrected chi connectivity index (χ1v) is 10.0. The summed E-state index contributed by atoms with van der Waals surface area (Å²) in [6.07, 6.45) is 6.29. The lowest BCUT2D eigenvalue weighted by atomic mass is 10.2. The molecule has 1 N–H and O–H groups in total. The lowest BCUT2D eigenvalue weighted by molar-refractivity contribution is 0.102. The van der Waals surface area contributed by atoms with Crippen molar-refractivity contribution in [2.45, 2.75) is 24.7 Å². The van der Waals surface area contributed by atoms with Crippen LogP contribution in [0.4, 0.5) is 11.4 Å². The number of rotatable bonds is 5. The zero-order chi connectivity index (χ0) is 18.6. The number of hydrogen-bond donors (Lipinski definition) is 1. The molecule has 2 heterocycles. The molecule has 4 rings (SSSR count). The molecule has 27 heavy (non-hydrogen) atoms. The third-order valence-electron chi connectivity index (χ3n) is 4.76. The smallest absolute Gasteiger partial charge is 0.257 e. The van der Waals surface area contributed by atoms with Crippen molar-refractivity contribution in [1.82, 2.24) is 3.97 Å². The highest BCUT2D eigenvalue weighted by molar-refractivity contribution is 7.97. The second kappa shape index (κ2) is 7.92. The van der Waals surface area contributed by atoms with Gasteiger partial charge in [0.2, 0.25) is 0 Å².